The Kier molecular flexibility index (Phi) is 3.31. The number of benzene rings is 1. The topological polar surface area (TPSA) is 71.9 Å². The van der Waals surface area contributed by atoms with E-state index in [2.05, 4.69) is 4.98 Å². The van der Waals surface area contributed by atoms with Gasteiger partial charge in [0.25, 0.3) is 0 Å². The van der Waals surface area contributed by atoms with Gasteiger partial charge in [-0.1, -0.05) is 11.6 Å². The van der Waals surface area contributed by atoms with Crippen molar-refractivity contribution in [3.63, 3.8) is 0 Å². The summed E-state index contributed by atoms with van der Waals surface area (Å²) in [5.74, 6) is -0.345. The normalized spacial score (nSPS) is 9.83. The fourth-order valence-corrected chi connectivity index (χ4v) is 1.40. The van der Waals surface area contributed by atoms with Crippen LogP contribution in [0.4, 0.5) is 10.1 Å². The fourth-order valence-electron chi connectivity index (χ4n) is 1.28. The van der Waals surface area contributed by atoms with Gasteiger partial charge in [-0.25, -0.2) is 9.37 Å². The zero-order valence-electron chi connectivity index (χ0n) is 9.02. The molecule has 0 bridgehead atoms. The Morgan fingerprint density at radius 3 is 2.83 bits per heavy atom. The maximum Gasteiger partial charge on any atom is 0.237 e. The smallest absolute Gasteiger partial charge is 0.237 e. The highest BCUT2D eigenvalue weighted by Crippen LogP contribution is 2.26. The van der Waals surface area contributed by atoms with Gasteiger partial charge in [0, 0.05) is 6.07 Å². The molecule has 4 nitrogen and oxygen atoms in total. The molecule has 90 valence electrons. The lowest BCUT2D eigenvalue weighted by atomic mass is 10.2. The first-order valence-electron chi connectivity index (χ1n) is 4.88. The van der Waals surface area contributed by atoms with E-state index in [9.17, 15) is 4.39 Å². The van der Waals surface area contributed by atoms with E-state index in [1.807, 2.05) is 6.07 Å². The Balaban J connectivity index is 2.34. The number of aromatic nitrogens is 1. The van der Waals surface area contributed by atoms with Crippen LogP contribution in [-0.2, 0) is 0 Å². The van der Waals surface area contributed by atoms with Crippen molar-refractivity contribution in [2.24, 2.45) is 0 Å². The number of hydrogen-bond donors (Lipinski definition) is 1. The number of pyridine rings is 1. The molecule has 0 aliphatic carbocycles. The Morgan fingerprint density at radius 1 is 1.39 bits per heavy atom. The second-order valence-electron chi connectivity index (χ2n) is 3.41. The van der Waals surface area contributed by atoms with Crippen LogP contribution in [0.15, 0.2) is 30.5 Å². The van der Waals surface area contributed by atoms with E-state index in [0.29, 0.717) is 5.69 Å². The van der Waals surface area contributed by atoms with Gasteiger partial charge in [0.05, 0.1) is 16.9 Å². The van der Waals surface area contributed by atoms with Crippen molar-refractivity contribution in [3.8, 4) is 17.7 Å². The Bertz CT molecular complexity index is 640. The molecular formula is C12H7ClFN3O. The second-order valence-corrected chi connectivity index (χ2v) is 3.82. The molecule has 2 rings (SSSR count). The van der Waals surface area contributed by atoms with Crippen LogP contribution < -0.4 is 10.5 Å². The molecule has 1 aromatic heterocycles. The number of anilines is 1. The van der Waals surface area contributed by atoms with Gasteiger partial charge in [0.15, 0.2) is 0 Å². The maximum absolute atomic E-state index is 13.2. The molecule has 0 amide bonds. The molecule has 1 aromatic carbocycles. The van der Waals surface area contributed by atoms with Crippen LogP contribution in [0.3, 0.4) is 0 Å². The van der Waals surface area contributed by atoms with Crippen molar-refractivity contribution in [3.05, 3.63) is 46.9 Å². The minimum absolute atomic E-state index is 0.00637. The number of nitrogens with zero attached hydrogens (tertiary/aromatic N) is 2. The lowest BCUT2D eigenvalue weighted by Crippen LogP contribution is -1.95. The summed E-state index contributed by atoms with van der Waals surface area (Å²) in [6.07, 6.45) is 1.35. The summed E-state index contributed by atoms with van der Waals surface area (Å²) in [5.41, 5.74) is 6.01. The van der Waals surface area contributed by atoms with E-state index >= 15 is 0 Å². The quantitative estimate of drug-likeness (QED) is 0.903. The van der Waals surface area contributed by atoms with Gasteiger partial charge in [-0.2, -0.15) is 5.26 Å². The van der Waals surface area contributed by atoms with E-state index in [1.165, 1.54) is 24.4 Å². The van der Waals surface area contributed by atoms with Crippen molar-refractivity contribution < 1.29 is 9.13 Å². The van der Waals surface area contributed by atoms with Crippen molar-refractivity contribution in [1.29, 1.82) is 5.26 Å². The lowest BCUT2D eigenvalue weighted by molar-refractivity contribution is 0.457. The third-order valence-corrected chi connectivity index (χ3v) is 2.40. The van der Waals surface area contributed by atoms with Crippen LogP contribution in [0.25, 0.3) is 0 Å². The summed E-state index contributed by atoms with van der Waals surface area (Å²) in [4.78, 5) is 3.87. The summed E-state index contributed by atoms with van der Waals surface area (Å²) in [6, 6.07) is 7.27. The molecule has 0 saturated carbocycles. The molecule has 1 heterocycles. The predicted molar refractivity (Wildman–Crippen MR) is 64.8 cm³/mol. The minimum atomic E-state index is -0.608. The number of nitrogens with two attached hydrogens (primary N) is 1. The van der Waals surface area contributed by atoms with Crippen LogP contribution >= 0.6 is 11.6 Å². The Morgan fingerprint density at radius 2 is 2.17 bits per heavy atom. The molecule has 2 N–H and O–H groups in total. The van der Waals surface area contributed by atoms with Crippen LogP contribution in [0.2, 0.25) is 5.02 Å². The summed E-state index contributed by atoms with van der Waals surface area (Å²) < 4.78 is 18.5. The Hall–Kier alpha value is -2.32. The SMILES string of the molecule is N#Cc1cc(N)cnc1Oc1ccc(Cl)c(F)c1. The van der Waals surface area contributed by atoms with Gasteiger partial charge in [0.1, 0.15) is 23.2 Å². The molecule has 0 unspecified atom stereocenters. The van der Waals surface area contributed by atoms with Crippen LogP contribution in [0.1, 0.15) is 5.56 Å². The zero-order chi connectivity index (χ0) is 13.1. The summed E-state index contributed by atoms with van der Waals surface area (Å²) in [6.45, 7) is 0. The number of halogens is 2. The van der Waals surface area contributed by atoms with E-state index < -0.39 is 5.82 Å². The van der Waals surface area contributed by atoms with Crippen molar-refractivity contribution in [2.75, 3.05) is 5.73 Å². The third-order valence-electron chi connectivity index (χ3n) is 2.10. The molecule has 0 aliphatic rings. The lowest BCUT2D eigenvalue weighted by Gasteiger charge is -2.07. The molecule has 0 atom stereocenters. The van der Waals surface area contributed by atoms with Crippen LogP contribution in [-0.4, -0.2) is 4.98 Å². The van der Waals surface area contributed by atoms with Gasteiger partial charge in [-0.05, 0) is 18.2 Å². The molecule has 6 heteroatoms. The average Bonchev–Trinajstić information content (AvgIpc) is 2.36. The molecule has 0 spiro atoms. The molecular weight excluding hydrogens is 257 g/mol. The largest absolute Gasteiger partial charge is 0.438 e. The molecule has 0 radical (unpaired) electrons. The molecule has 0 aliphatic heterocycles. The highest BCUT2D eigenvalue weighted by Gasteiger charge is 2.08. The number of nitriles is 1. The van der Waals surface area contributed by atoms with Gasteiger partial charge >= 0.3 is 0 Å². The first-order valence-corrected chi connectivity index (χ1v) is 5.26. The third kappa shape index (κ3) is 2.50. The Labute approximate surface area is 107 Å². The average molecular weight is 264 g/mol. The van der Waals surface area contributed by atoms with Crippen LogP contribution in [0, 0.1) is 17.1 Å². The van der Waals surface area contributed by atoms with Crippen LogP contribution in [0.5, 0.6) is 11.6 Å². The van der Waals surface area contributed by atoms with Crippen molar-refractivity contribution in [1.82, 2.24) is 4.98 Å². The van der Waals surface area contributed by atoms with Crippen molar-refractivity contribution >= 4 is 17.3 Å². The maximum atomic E-state index is 13.2. The predicted octanol–water partition coefficient (Wildman–Crippen LogP) is 3.12. The monoisotopic (exact) mass is 263 g/mol. The highest BCUT2D eigenvalue weighted by molar-refractivity contribution is 6.30. The van der Waals surface area contributed by atoms with Crippen molar-refractivity contribution in [2.45, 2.75) is 0 Å². The van der Waals surface area contributed by atoms with Gasteiger partial charge in [-0.3, -0.25) is 0 Å². The second kappa shape index (κ2) is 4.90. The standard InChI is InChI=1S/C12H7ClFN3O/c13-10-2-1-9(4-11(10)14)18-12-7(5-15)3-8(16)6-17-12/h1-4,6H,16H2. The van der Waals surface area contributed by atoms with E-state index in [4.69, 9.17) is 27.3 Å². The summed E-state index contributed by atoms with van der Waals surface area (Å²) in [5, 5.41) is 8.89. The first-order chi connectivity index (χ1) is 8.60. The number of rotatable bonds is 2. The molecule has 0 saturated heterocycles. The minimum Gasteiger partial charge on any atom is -0.438 e. The van der Waals surface area contributed by atoms with Gasteiger partial charge in [0.2, 0.25) is 5.88 Å². The molecule has 2 aromatic rings. The zero-order valence-corrected chi connectivity index (χ0v) is 9.78. The molecule has 18 heavy (non-hydrogen) atoms. The summed E-state index contributed by atoms with van der Waals surface area (Å²) >= 11 is 5.55. The van der Waals surface area contributed by atoms with E-state index in [1.54, 1.807) is 0 Å². The highest BCUT2D eigenvalue weighted by atomic mass is 35.5. The van der Waals surface area contributed by atoms with E-state index in [-0.39, 0.29) is 22.2 Å². The van der Waals surface area contributed by atoms with Gasteiger partial charge in [-0.15, -0.1) is 0 Å². The number of ether oxygens (including phenoxy) is 1. The summed E-state index contributed by atoms with van der Waals surface area (Å²) in [7, 11) is 0. The van der Waals surface area contributed by atoms with Gasteiger partial charge < -0.3 is 10.5 Å². The molecule has 0 fully saturated rings. The van der Waals surface area contributed by atoms with E-state index in [0.717, 1.165) is 6.07 Å². The number of nitrogen functional groups attached to an aromatic ring is 1. The number of hydrogen-bond acceptors (Lipinski definition) is 4. The first kappa shape index (κ1) is 12.1. The fraction of sp³-hybridized carbons (Fsp3) is 0.